The Kier molecular flexibility index (Phi) is 6.45. The third-order valence-corrected chi connectivity index (χ3v) is 3.44. The lowest BCUT2D eigenvalue weighted by molar-refractivity contribution is -0.0893. The van der Waals surface area contributed by atoms with Crippen LogP contribution in [0.2, 0.25) is 5.02 Å². The van der Waals surface area contributed by atoms with Crippen LogP contribution in [0.3, 0.4) is 0 Å². The summed E-state index contributed by atoms with van der Waals surface area (Å²) in [7, 11) is 1.47. The van der Waals surface area contributed by atoms with Crippen LogP contribution in [-0.2, 0) is 0 Å². The van der Waals surface area contributed by atoms with Gasteiger partial charge in [-0.2, -0.15) is 13.2 Å². The largest absolute Gasteiger partial charge is 0.497 e. The number of nitrogens with zero attached hydrogens (tertiary/aromatic N) is 1. The third-order valence-electron chi connectivity index (χ3n) is 3.22. The quantitative estimate of drug-likeness (QED) is 0.479. The first-order valence-corrected chi connectivity index (χ1v) is 7.29. The van der Waals surface area contributed by atoms with Crippen LogP contribution in [0.5, 0.6) is 5.75 Å². The number of ether oxygens (including phenoxy) is 1. The lowest BCUT2D eigenvalue weighted by atomic mass is 9.99. The molecule has 23 heavy (non-hydrogen) atoms. The summed E-state index contributed by atoms with van der Waals surface area (Å²) in [5, 5.41) is 0.385. The Hall–Kier alpha value is -1.75. The molecule has 0 unspecified atom stereocenters. The van der Waals surface area contributed by atoms with Crippen molar-refractivity contribution in [2.24, 2.45) is 10.9 Å². The van der Waals surface area contributed by atoms with E-state index in [1.54, 1.807) is 39.0 Å². The molecule has 0 saturated heterocycles. The Morgan fingerprint density at radius 3 is 2.35 bits per heavy atom. The average Bonchev–Trinajstić information content (AvgIpc) is 2.44. The van der Waals surface area contributed by atoms with Gasteiger partial charge in [0.2, 0.25) is 0 Å². The van der Waals surface area contributed by atoms with Crippen molar-refractivity contribution in [2.45, 2.75) is 26.9 Å². The Balaban J connectivity index is 3.49. The van der Waals surface area contributed by atoms with E-state index >= 15 is 0 Å². The van der Waals surface area contributed by atoms with Gasteiger partial charge in [0.25, 0.3) is 0 Å². The van der Waals surface area contributed by atoms with Gasteiger partial charge in [0.15, 0.2) is 0 Å². The summed E-state index contributed by atoms with van der Waals surface area (Å²) in [6, 6.07) is 4.80. The van der Waals surface area contributed by atoms with Gasteiger partial charge in [-0.1, -0.05) is 25.4 Å². The van der Waals surface area contributed by atoms with Crippen LogP contribution in [0.15, 0.2) is 40.5 Å². The standard InChI is InChI=1S/C17H19ClF3NO/c1-10(2)16(22-4)15(17(19,20)21)6-11(3)12-7-13(18)9-14(8-12)23-5/h6-10H,4H2,1-3,5H3/b11-6+,16-15+. The SMILES string of the molecule is C=N/C(=C(\C=C(/C)c1cc(Cl)cc(OC)c1)C(F)(F)F)C(C)C. The van der Waals surface area contributed by atoms with Crippen molar-refractivity contribution in [1.29, 1.82) is 0 Å². The van der Waals surface area contributed by atoms with E-state index in [1.165, 1.54) is 7.11 Å². The maximum absolute atomic E-state index is 13.4. The number of aliphatic imine (C=N–C) groups is 1. The summed E-state index contributed by atoms with van der Waals surface area (Å²) < 4.78 is 45.2. The zero-order valence-corrected chi connectivity index (χ0v) is 14.2. The monoisotopic (exact) mass is 345 g/mol. The van der Waals surface area contributed by atoms with Crippen LogP contribution in [0, 0.1) is 5.92 Å². The molecule has 0 aliphatic heterocycles. The van der Waals surface area contributed by atoms with Crippen molar-refractivity contribution < 1.29 is 17.9 Å². The first-order valence-electron chi connectivity index (χ1n) is 6.91. The van der Waals surface area contributed by atoms with Crippen molar-refractivity contribution in [3.8, 4) is 5.75 Å². The highest BCUT2D eigenvalue weighted by atomic mass is 35.5. The van der Waals surface area contributed by atoms with Crippen molar-refractivity contribution >= 4 is 23.9 Å². The molecule has 1 aromatic rings. The number of alkyl halides is 3. The van der Waals surface area contributed by atoms with E-state index in [2.05, 4.69) is 11.7 Å². The smallest absolute Gasteiger partial charge is 0.418 e. The van der Waals surface area contributed by atoms with Gasteiger partial charge in [0.1, 0.15) is 5.75 Å². The van der Waals surface area contributed by atoms with E-state index in [9.17, 15) is 13.2 Å². The predicted molar refractivity (Wildman–Crippen MR) is 89.1 cm³/mol. The zero-order chi connectivity index (χ0) is 17.8. The number of hydrogen-bond donors (Lipinski definition) is 0. The average molecular weight is 346 g/mol. The molecule has 1 aromatic carbocycles. The van der Waals surface area contributed by atoms with Crippen LogP contribution >= 0.6 is 11.6 Å². The van der Waals surface area contributed by atoms with Gasteiger partial charge in [-0.05, 0) is 55.0 Å². The van der Waals surface area contributed by atoms with Gasteiger partial charge in [-0.3, -0.25) is 4.99 Å². The van der Waals surface area contributed by atoms with Crippen LogP contribution in [0.1, 0.15) is 26.3 Å². The summed E-state index contributed by atoms with van der Waals surface area (Å²) in [5.41, 5.74) is 0.0491. The highest BCUT2D eigenvalue weighted by molar-refractivity contribution is 6.30. The molecule has 6 heteroatoms. The van der Waals surface area contributed by atoms with Crippen LogP contribution in [-0.4, -0.2) is 20.0 Å². The highest BCUT2D eigenvalue weighted by Gasteiger charge is 2.35. The summed E-state index contributed by atoms with van der Waals surface area (Å²) in [4.78, 5) is 3.57. The molecule has 1 rings (SSSR count). The lowest BCUT2D eigenvalue weighted by Crippen LogP contribution is -2.14. The first kappa shape index (κ1) is 19.3. The van der Waals surface area contributed by atoms with Gasteiger partial charge in [0, 0.05) is 5.02 Å². The van der Waals surface area contributed by atoms with Crippen molar-refractivity contribution in [1.82, 2.24) is 0 Å². The number of methoxy groups -OCH3 is 1. The van der Waals surface area contributed by atoms with E-state index < -0.39 is 17.7 Å². The molecule has 2 nitrogen and oxygen atoms in total. The molecule has 0 radical (unpaired) electrons. The minimum atomic E-state index is -4.52. The molecule has 0 bridgehead atoms. The van der Waals surface area contributed by atoms with E-state index in [1.807, 2.05) is 0 Å². The van der Waals surface area contributed by atoms with E-state index in [0.717, 1.165) is 6.08 Å². The van der Waals surface area contributed by atoms with Crippen LogP contribution < -0.4 is 4.74 Å². The second-order valence-corrected chi connectivity index (χ2v) is 5.75. The topological polar surface area (TPSA) is 21.6 Å². The van der Waals surface area contributed by atoms with Crippen molar-refractivity contribution in [3.63, 3.8) is 0 Å². The Morgan fingerprint density at radius 2 is 1.91 bits per heavy atom. The molecule has 0 spiro atoms. The third kappa shape index (κ3) is 5.13. The summed E-state index contributed by atoms with van der Waals surface area (Å²) in [5.74, 6) is 0.0748. The van der Waals surface area contributed by atoms with E-state index in [0.29, 0.717) is 21.9 Å². The second-order valence-electron chi connectivity index (χ2n) is 5.32. The van der Waals surface area contributed by atoms with Crippen LogP contribution in [0.4, 0.5) is 13.2 Å². The van der Waals surface area contributed by atoms with Gasteiger partial charge in [-0.15, -0.1) is 0 Å². The highest BCUT2D eigenvalue weighted by Crippen LogP contribution is 2.35. The second kappa shape index (κ2) is 7.68. The molecule has 0 saturated carbocycles. The minimum absolute atomic E-state index is 0.0918. The number of benzene rings is 1. The molecule has 0 heterocycles. The van der Waals surface area contributed by atoms with Gasteiger partial charge in [0.05, 0.1) is 18.4 Å². The predicted octanol–water partition coefficient (Wildman–Crippen LogP) is 5.92. The summed E-state index contributed by atoms with van der Waals surface area (Å²) in [6.07, 6.45) is -3.46. The molecule has 0 amide bonds. The first-order chi connectivity index (χ1) is 10.6. The fourth-order valence-corrected chi connectivity index (χ4v) is 2.31. The number of halogens is 4. The summed E-state index contributed by atoms with van der Waals surface area (Å²) >= 11 is 5.97. The molecular weight excluding hydrogens is 327 g/mol. The lowest BCUT2D eigenvalue weighted by Gasteiger charge is -2.16. The number of hydrogen-bond acceptors (Lipinski definition) is 2. The van der Waals surface area contributed by atoms with E-state index in [4.69, 9.17) is 16.3 Å². The molecule has 0 aromatic heterocycles. The Labute approximate surface area is 139 Å². The van der Waals surface area contributed by atoms with Gasteiger partial charge in [-0.25, -0.2) is 0 Å². The molecule has 0 atom stereocenters. The molecular formula is C17H19ClF3NO. The maximum Gasteiger partial charge on any atom is 0.418 e. The normalized spacial score (nSPS) is 13.9. The maximum atomic E-state index is 13.4. The molecule has 126 valence electrons. The Bertz CT molecular complexity index is 646. The van der Waals surface area contributed by atoms with Gasteiger partial charge >= 0.3 is 6.18 Å². The van der Waals surface area contributed by atoms with Crippen molar-refractivity contribution in [3.05, 3.63) is 46.1 Å². The zero-order valence-electron chi connectivity index (χ0n) is 13.5. The minimum Gasteiger partial charge on any atom is -0.497 e. The molecule has 0 aliphatic carbocycles. The molecule has 0 fully saturated rings. The Morgan fingerprint density at radius 1 is 1.30 bits per heavy atom. The number of rotatable bonds is 5. The fraction of sp³-hybridized carbons (Fsp3) is 0.353. The molecule has 0 aliphatic rings. The van der Waals surface area contributed by atoms with Crippen LogP contribution in [0.25, 0.3) is 5.57 Å². The van der Waals surface area contributed by atoms with Gasteiger partial charge < -0.3 is 4.74 Å². The fourth-order valence-electron chi connectivity index (χ4n) is 2.09. The van der Waals surface area contributed by atoms with Crippen molar-refractivity contribution in [2.75, 3.05) is 7.11 Å². The number of allylic oxidation sites excluding steroid dienone is 4. The molecule has 0 N–H and O–H groups in total. The summed E-state index contributed by atoms with van der Waals surface area (Å²) in [6.45, 7) is 8.12. The van der Waals surface area contributed by atoms with E-state index in [-0.39, 0.29) is 5.70 Å².